The molecule has 8 rings (SSSR count). The number of imide groups is 1. The zero-order valence-corrected chi connectivity index (χ0v) is 26.1. The van der Waals surface area contributed by atoms with Gasteiger partial charge in [0.2, 0.25) is 11.8 Å². The molecule has 3 aliphatic carbocycles. The molecule has 6 atom stereocenters. The largest absolute Gasteiger partial charge is 0.508 e. The van der Waals surface area contributed by atoms with Crippen molar-refractivity contribution in [2.24, 2.45) is 29.6 Å². The fourth-order valence-electron chi connectivity index (χ4n) is 9.20. The Morgan fingerprint density at radius 2 is 1.66 bits per heavy atom. The molecule has 236 valence electrons. The van der Waals surface area contributed by atoms with Gasteiger partial charge in [0.05, 0.1) is 23.5 Å². The SMILES string of the molecule is CCCN1C(=O)[C@H]2[C@H](CC=C3[C@H](C4=COc5ccc(O)cc5C4)[C@]4(c5ccccc5)C(=O)C=C(c5ccccc5)C(=O)[C@@H]4C[C@H]32)C1=O. The van der Waals surface area contributed by atoms with Gasteiger partial charge in [0, 0.05) is 35.9 Å². The quantitative estimate of drug-likeness (QED) is 0.277. The number of allylic oxidation sites excluding steroid dienone is 5. The minimum atomic E-state index is -1.30. The Hall–Kier alpha value is -5.04. The highest BCUT2D eigenvalue weighted by molar-refractivity contribution is 6.31. The highest BCUT2D eigenvalue weighted by Gasteiger charge is 2.66. The maximum atomic E-state index is 15.1. The minimum absolute atomic E-state index is 0.107. The molecular formula is C40H35NO6. The topological polar surface area (TPSA) is 101 Å². The lowest BCUT2D eigenvalue weighted by molar-refractivity contribution is -0.140. The fourth-order valence-corrected chi connectivity index (χ4v) is 9.20. The van der Waals surface area contributed by atoms with Gasteiger partial charge in [-0.3, -0.25) is 24.1 Å². The molecule has 1 saturated carbocycles. The van der Waals surface area contributed by atoms with E-state index in [1.807, 2.05) is 67.6 Å². The number of ketones is 2. The molecule has 1 saturated heterocycles. The van der Waals surface area contributed by atoms with Crippen LogP contribution in [0.3, 0.4) is 0 Å². The summed E-state index contributed by atoms with van der Waals surface area (Å²) in [6, 6.07) is 23.8. The third-order valence-corrected chi connectivity index (χ3v) is 11.1. The van der Waals surface area contributed by atoms with Gasteiger partial charge in [0.25, 0.3) is 0 Å². The van der Waals surface area contributed by atoms with Crippen LogP contribution in [0.4, 0.5) is 0 Å². The zero-order chi connectivity index (χ0) is 32.4. The van der Waals surface area contributed by atoms with Gasteiger partial charge in [-0.2, -0.15) is 0 Å². The molecule has 0 bridgehead atoms. The number of phenols is 1. The highest BCUT2D eigenvalue weighted by Crippen LogP contribution is 2.63. The summed E-state index contributed by atoms with van der Waals surface area (Å²) >= 11 is 0. The predicted molar refractivity (Wildman–Crippen MR) is 175 cm³/mol. The number of phenolic OH excluding ortho intramolecular Hbond substituents is 1. The lowest BCUT2D eigenvalue weighted by Crippen LogP contribution is -2.60. The van der Waals surface area contributed by atoms with E-state index in [9.17, 15) is 19.5 Å². The summed E-state index contributed by atoms with van der Waals surface area (Å²) in [4.78, 5) is 59.1. The van der Waals surface area contributed by atoms with Crippen LogP contribution in [0.1, 0.15) is 42.9 Å². The van der Waals surface area contributed by atoms with Crippen LogP contribution < -0.4 is 4.74 Å². The van der Waals surface area contributed by atoms with Gasteiger partial charge in [0.15, 0.2) is 11.6 Å². The number of benzene rings is 3. The van der Waals surface area contributed by atoms with E-state index < -0.39 is 35.0 Å². The van der Waals surface area contributed by atoms with E-state index in [2.05, 4.69) is 6.08 Å². The second-order valence-electron chi connectivity index (χ2n) is 13.4. The number of ether oxygens (including phenoxy) is 1. The Kier molecular flexibility index (Phi) is 6.90. The van der Waals surface area contributed by atoms with Gasteiger partial charge < -0.3 is 9.84 Å². The maximum absolute atomic E-state index is 15.1. The van der Waals surface area contributed by atoms with Gasteiger partial charge >= 0.3 is 0 Å². The second kappa shape index (κ2) is 11.0. The van der Waals surface area contributed by atoms with Gasteiger partial charge in [0.1, 0.15) is 11.5 Å². The predicted octanol–water partition coefficient (Wildman–Crippen LogP) is 5.98. The van der Waals surface area contributed by atoms with Crippen LogP contribution in [-0.4, -0.2) is 39.9 Å². The van der Waals surface area contributed by atoms with Crippen LogP contribution in [-0.2, 0) is 31.0 Å². The van der Waals surface area contributed by atoms with Crippen molar-refractivity contribution < 1.29 is 29.0 Å². The van der Waals surface area contributed by atoms with Crippen molar-refractivity contribution in [3.8, 4) is 11.5 Å². The number of carbonyl (C=O) groups is 4. The third-order valence-electron chi connectivity index (χ3n) is 11.1. The average Bonchev–Trinajstić information content (AvgIpc) is 3.34. The summed E-state index contributed by atoms with van der Waals surface area (Å²) < 4.78 is 6.17. The van der Waals surface area contributed by atoms with E-state index in [1.165, 1.54) is 11.0 Å². The average molecular weight is 626 g/mol. The van der Waals surface area contributed by atoms with E-state index in [4.69, 9.17) is 4.74 Å². The van der Waals surface area contributed by atoms with Crippen molar-refractivity contribution in [1.29, 1.82) is 0 Å². The first-order chi connectivity index (χ1) is 22.8. The number of nitrogens with zero attached hydrogens (tertiary/aromatic N) is 1. The number of likely N-dealkylation sites (tertiary alicyclic amines) is 1. The van der Waals surface area contributed by atoms with Crippen molar-refractivity contribution in [1.82, 2.24) is 4.90 Å². The highest BCUT2D eigenvalue weighted by atomic mass is 16.5. The van der Waals surface area contributed by atoms with Crippen molar-refractivity contribution in [3.05, 3.63) is 125 Å². The van der Waals surface area contributed by atoms with Crippen LogP contribution in [0.2, 0.25) is 0 Å². The molecule has 2 heterocycles. The molecule has 3 aromatic rings. The van der Waals surface area contributed by atoms with Crippen LogP contribution in [0, 0.1) is 29.6 Å². The third kappa shape index (κ3) is 4.25. The number of carbonyl (C=O) groups excluding carboxylic acids is 4. The Balaban J connectivity index is 1.36. The molecular weight excluding hydrogens is 590 g/mol. The number of aromatic hydroxyl groups is 1. The monoisotopic (exact) mass is 625 g/mol. The first-order valence-electron chi connectivity index (χ1n) is 16.5. The Morgan fingerprint density at radius 1 is 0.915 bits per heavy atom. The Bertz CT molecular complexity index is 1920. The number of amides is 2. The number of rotatable bonds is 5. The zero-order valence-electron chi connectivity index (χ0n) is 26.1. The molecule has 0 radical (unpaired) electrons. The smallest absolute Gasteiger partial charge is 0.233 e. The number of fused-ring (bicyclic) bond motifs is 5. The summed E-state index contributed by atoms with van der Waals surface area (Å²) in [7, 11) is 0. The second-order valence-corrected chi connectivity index (χ2v) is 13.4. The van der Waals surface area contributed by atoms with Crippen LogP contribution >= 0.6 is 0 Å². The first-order valence-corrected chi connectivity index (χ1v) is 16.5. The molecule has 5 aliphatic rings. The van der Waals surface area contributed by atoms with E-state index >= 15 is 4.79 Å². The molecule has 47 heavy (non-hydrogen) atoms. The van der Waals surface area contributed by atoms with Gasteiger partial charge in [-0.15, -0.1) is 0 Å². The lowest BCUT2D eigenvalue weighted by Gasteiger charge is -2.56. The van der Waals surface area contributed by atoms with Crippen molar-refractivity contribution in [2.45, 2.75) is 38.0 Å². The van der Waals surface area contributed by atoms with Gasteiger partial charge in [-0.25, -0.2) is 0 Å². The lowest BCUT2D eigenvalue weighted by atomic mass is 9.44. The van der Waals surface area contributed by atoms with Crippen molar-refractivity contribution in [2.75, 3.05) is 6.54 Å². The van der Waals surface area contributed by atoms with E-state index in [0.717, 1.165) is 22.3 Å². The normalized spacial score (nSPS) is 29.5. The summed E-state index contributed by atoms with van der Waals surface area (Å²) in [5, 5.41) is 10.4. The molecule has 2 aliphatic heterocycles. The van der Waals surface area contributed by atoms with Crippen LogP contribution in [0.25, 0.3) is 5.57 Å². The molecule has 0 aromatic heterocycles. The number of Topliss-reactive ketones (excluding diaryl/α,β-unsaturated/α-hetero) is 1. The fraction of sp³-hybridized carbons (Fsp3) is 0.300. The van der Waals surface area contributed by atoms with Crippen molar-refractivity contribution >= 4 is 29.0 Å². The Morgan fingerprint density at radius 3 is 2.40 bits per heavy atom. The molecule has 2 amide bonds. The van der Waals surface area contributed by atoms with Gasteiger partial charge in [-0.05, 0) is 66.2 Å². The van der Waals surface area contributed by atoms with E-state index in [1.54, 1.807) is 24.5 Å². The van der Waals surface area contributed by atoms with Crippen LogP contribution in [0.15, 0.2) is 108 Å². The summed E-state index contributed by atoms with van der Waals surface area (Å²) in [6.07, 6.45) is 7.02. The van der Waals surface area contributed by atoms with Crippen molar-refractivity contribution in [3.63, 3.8) is 0 Å². The maximum Gasteiger partial charge on any atom is 0.233 e. The summed E-state index contributed by atoms with van der Waals surface area (Å²) in [5.41, 5.74) is 2.98. The molecule has 1 N–H and O–H groups in total. The van der Waals surface area contributed by atoms with E-state index in [0.29, 0.717) is 42.7 Å². The molecule has 0 unspecified atom stereocenters. The summed E-state index contributed by atoms with van der Waals surface area (Å²) in [6.45, 7) is 2.32. The first kappa shape index (κ1) is 29.4. The molecule has 2 fully saturated rings. The standard InChI is InChI=1S/C40H35NO6/c1-2-17-41-38(45)29-15-14-28-31(35(29)39(41)46)20-32-37(44)30(23-9-5-3-6-10-23)21-34(43)40(32,26-11-7-4-8-12-26)36(28)25-18-24-19-27(42)13-16-33(24)47-22-25/h3-14,16,19,21-22,29,31-32,35-36,42H,2,15,17-18,20H2,1H3/t29-,31+,32-,35-,36-,40-/m0/s1. The molecule has 7 nitrogen and oxygen atoms in total. The summed E-state index contributed by atoms with van der Waals surface area (Å²) in [5.74, 6) is -2.79. The van der Waals surface area contributed by atoms with Gasteiger partial charge in [-0.1, -0.05) is 79.2 Å². The minimum Gasteiger partial charge on any atom is -0.508 e. The Labute approximate surface area is 273 Å². The molecule has 7 heteroatoms. The van der Waals surface area contributed by atoms with Crippen LogP contribution in [0.5, 0.6) is 11.5 Å². The molecule has 3 aromatic carbocycles. The molecule has 0 spiro atoms. The van der Waals surface area contributed by atoms with E-state index in [-0.39, 0.29) is 35.6 Å². The number of hydrogen-bond acceptors (Lipinski definition) is 6. The number of hydrogen-bond donors (Lipinski definition) is 1.